The van der Waals surface area contributed by atoms with Crippen LogP contribution < -0.4 is 15.2 Å². The second-order valence-corrected chi connectivity index (χ2v) is 8.16. The second-order valence-electron chi connectivity index (χ2n) is 8.16. The smallest absolute Gasteiger partial charge is 0.255 e. The average molecular weight is 489 g/mol. The van der Waals surface area contributed by atoms with Crippen molar-refractivity contribution >= 4 is 24.1 Å². The lowest BCUT2D eigenvalue weighted by Crippen LogP contribution is -2.43. The quantitative estimate of drug-likeness (QED) is 0.370. The minimum atomic E-state index is -0.134. The molecule has 178 valence electrons. The van der Waals surface area contributed by atoms with Gasteiger partial charge in [0.05, 0.1) is 25.4 Å². The molecule has 1 unspecified atom stereocenters. The van der Waals surface area contributed by atoms with E-state index in [-0.39, 0.29) is 36.3 Å². The van der Waals surface area contributed by atoms with Crippen LogP contribution in [0.1, 0.15) is 28.4 Å². The van der Waals surface area contributed by atoms with Crippen LogP contribution in [-0.4, -0.2) is 34.0 Å². The standard InChI is InChI=1S/C27H24N4O3.ClH/c1-34-22-9-7-21(8-10-22)25(32)18-31-24(20-5-3-2-4-6-20)13-16-30-26(33)17-23(29-27(30)31)19-11-14-28-15-12-19;/h2-12,14-15,17,24H,13,16,18H2,1H3;1H. The fourth-order valence-corrected chi connectivity index (χ4v) is 4.37. The Labute approximate surface area is 209 Å². The van der Waals surface area contributed by atoms with Gasteiger partial charge in [0.2, 0.25) is 5.95 Å². The third-order valence-electron chi connectivity index (χ3n) is 6.13. The van der Waals surface area contributed by atoms with Crippen LogP contribution in [0, 0.1) is 0 Å². The molecule has 0 fully saturated rings. The van der Waals surface area contributed by atoms with E-state index in [0.717, 1.165) is 11.1 Å². The van der Waals surface area contributed by atoms with Crippen LogP contribution in [0.15, 0.2) is 90.0 Å². The van der Waals surface area contributed by atoms with Crippen molar-refractivity contribution < 1.29 is 9.53 Å². The van der Waals surface area contributed by atoms with Crippen molar-refractivity contribution in [1.29, 1.82) is 0 Å². The fraction of sp³-hybridized carbons (Fsp3) is 0.185. The zero-order chi connectivity index (χ0) is 23.5. The summed E-state index contributed by atoms with van der Waals surface area (Å²) in [5.41, 5.74) is 2.90. The fourth-order valence-electron chi connectivity index (χ4n) is 4.37. The lowest BCUT2D eigenvalue weighted by Gasteiger charge is -2.38. The predicted molar refractivity (Wildman–Crippen MR) is 137 cm³/mol. The van der Waals surface area contributed by atoms with Gasteiger partial charge in [-0.05, 0) is 48.4 Å². The molecule has 0 saturated heterocycles. The Morgan fingerprint density at radius 2 is 1.74 bits per heavy atom. The largest absolute Gasteiger partial charge is 0.497 e. The number of pyridine rings is 1. The molecule has 0 radical (unpaired) electrons. The summed E-state index contributed by atoms with van der Waals surface area (Å²) < 4.78 is 6.87. The predicted octanol–water partition coefficient (Wildman–Crippen LogP) is 4.57. The molecular formula is C27H25ClN4O3. The van der Waals surface area contributed by atoms with Crippen LogP contribution in [0.2, 0.25) is 0 Å². The zero-order valence-electron chi connectivity index (χ0n) is 19.2. The van der Waals surface area contributed by atoms with Gasteiger partial charge in [-0.15, -0.1) is 12.4 Å². The van der Waals surface area contributed by atoms with Gasteiger partial charge in [0.25, 0.3) is 5.56 Å². The van der Waals surface area contributed by atoms with Gasteiger partial charge >= 0.3 is 0 Å². The highest BCUT2D eigenvalue weighted by atomic mass is 35.5. The number of methoxy groups -OCH3 is 1. The molecule has 3 heterocycles. The van der Waals surface area contributed by atoms with Crippen molar-refractivity contribution in [2.45, 2.75) is 19.0 Å². The van der Waals surface area contributed by atoms with Crippen LogP contribution in [0.4, 0.5) is 5.95 Å². The third kappa shape index (κ3) is 4.95. The van der Waals surface area contributed by atoms with E-state index in [4.69, 9.17) is 9.72 Å². The Morgan fingerprint density at radius 3 is 2.43 bits per heavy atom. The zero-order valence-corrected chi connectivity index (χ0v) is 20.0. The number of aromatic nitrogens is 3. The van der Waals surface area contributed by atoms with Crippen LogP contribution >= 0.6 is 12.4 Å². The van der Waals surface area contributed by atoms with Crippen LogP contribution in [0.3, 0.4) is 0 Å². The van der Waals surface area contributed by atoms with Crippen LogP contribution in [0.25, 0.3) is 11.3 Å². The molecule has 5 rings (SSSR count). The molecule has 4 aromatic rings. The molecule has 7 nitrogen and oxygen atoms in total. The van der Waals surface area contributed by atoms with E-state index in [0.29, 0.717) is 35.9 Å². The Bertz CT molecular complexity index is 1360. The van der Waals surface area contributed by atoms with Gasteiger partial charge in [-0.3, -0.25) is 19.1 Å². The maximum atomic E-state index is 13.3. The van der Waals surface area contributed by atoms with Gasteiger partial charge in [-0.1, -0.05) is 30.3 Å². The minimum absolute atomic E-state index is 0. The first-order valence-electron chi connectivity index (χ1n) is 11.1. The maximum Gasteiger partial charge on any atom is 0.255 e. The van der Waals surface area contributed by atoms with Crippen LogP contribution in [0.5, 0.6) is 5.75 Å². The average Bonchev–Trinajstić information content (AvgIpc) is 2.90. The van der Waals surface area contributed by atoms with Crippen molar-refractivity contribution in [3.05, 3.63) is 107 Å². The van der Waals surface area contributed by atoms with Crippen molar-refractivity contribution in [2.24, 2.45) is 0 Å². The number of rotatable bonds is 6. The summed E-state index contributed by atoms with van der Waals surface area (Å²) in [6, 6.07) is 22.2. The molecule has 35 heavy (non-hydrogen) atoms. The first-order chi connectivity index (χ1) is 16.6. The van der Waals surface area contributed by atoms with E-state index in [1.165, 1.54) is 0 Å². The first kappa shape index (κ1) is 24.2. The van der Waals surface area contributed by atoms with E-state index in [2.05, 4.69) is 17.1 Å². The lowest BCUT2D eigenvalue weighted by atomic mass is 9.99. The second kappa shape index (κ2) is 10.5. The molecular weight excluding hydrogens is 464 g/mol. The number of fused-ring (bicyclic) bond motifs is 1. The Balaban J connectivity index is 0.00000289. The molecule has 2 aromatic carbocycles. The number of carbonyl (C=O) groups is 1. The van der Waals surface area contributed by atoms with Crippen molar-refractivity contribution in [3.8, 4) is 17.0 Å². The Hall–Kier alpha value is -3.97. The van der Waals surface area contributed by atoms with Gasteiger partial charge in [-0.2, -0.15) is 0 Å². The molecule has 1 atom stereocenters. The molecule has 0 N–H and O–H groups in total. The molecule has 0 amide bonds. The number of ether oxygens (including phenoxy) is 1. The number of hydrogen-bond acceptors (Lipinski definition) is 6. The van der Waals surface area contributed by atoms with Gasteiger partial charge in [-0.25, -0.2) is 4.98 Å². The summed E-state index contributed by atoms with van der Waals surface area (Å²) in [5.74, 6) is 1.14. The van der Waals surface area contributed by atoms with Gasteiger partial charge in [0.1, 0.15) is 5.75 Å². The van der Waals surface area contributed by atoms with Crippen molar-refractivity contribution in [3.63, 3.8) is 0 Å². The number of halogens is 1. The number of hydrogen-bond donors (Lipinski definition) is 0. The van der Waals surface area contributed by atoms with E-state index in [1.807, 2.05) is 35.2 Å². The van der Waals surface area contributed by atoms with E-state index < -0.39 is 0 Å². The Kier molecular flexibility index (Phi) is 7.27. The number of ketones is 1. The van der Waals surface area contributed by atoms with Crippen molar-refractivity contribution in [1.82, 2.24) is 14.5 Å². The highest BCUT2D eigenvalue weighted by molar-refractivity contribution is 5.99. The van der Waals surface area contributed by atoms with Gasteiger partial charge < -0.3 is 9.64 Å². The summed E-state index contributed by atoms with van der Waals surface area (Å²) >= 11 is 0. The maximum absolute atomic E-state index is 13.3. The SMILES string of the molecule is COc1ccc(C(=O)CN2c3nc(-c4ccncc4)cc(=O)n3CCC2c2ccccc2)cc1.Cl. The van der Waals surface area contributed by atoms with E-state index >= 15 is 0 Å². The number of nitrogens with zero attached hydrogens (tertiary/aromatic N) is 4. The monoisotopic (exact) mass is 488 g/mol. The summed E-state index contributed by atoms with van der Waals surface area (Å²) in [7, 11) is 1.59. The molecule has 1 aliphatic rings. The topological polar surface area (TPSA) is 77.3 Å². The lowest BCUT2D eigenvalue weighted by molar-refractivity contribution is 0.0994. The Morgan fingerprint density at radius 1 is 1.03 bits per heavy atom. The van der Waals surface area contributed by atoms with Crippen molar-refractivity contribution in [2.75, 3.05) is 18.6 Å². The molecule has 0 bridgehead atoms. The molecule has 0 saturated carbocycles. The van der Waals surface area contributed by atoms with Gasteiger partial charge in [0.15, 0.2) is 5.78 Å². The minimum Gasteiger partial charge on any atom is -0.497 e. The molecule has 2 aromatic heterocycles. The number of benzene rings is 2. The summed E-state index contributed by atoms with van der Waals surface area (Å²) in [5, 5.41) is 0. The van der Waals surface area contributed by atoms with E-state index in [9.17, 15) is 9.59 Å². The molecule has 0 aliphatic carbocycles. The van der Waals surface area contributed by atoms with Crippen LogP contribution in [-0.2, 0) is 6.54 Å². The molecule has 1 aliphatic heterocycles. The first-order valence-corrected chi connectivity index (χ1v) is 11.1. The van der Waals surface area contributed by atoms with E-state index in [1.54, 1.807) is 54.4 Å². The summed E-state index contributed by atoms with van der Waals surface area (Å²) in [6.45, 7) is 0.628. The number of carbonyl (C=O) groups excluding carboxylic acids is 1. The van der Waals surface area contributed by atoms with Gasteiger partial charge in [0, 0.05) is 36.1 Å². The number of Topliss-reactive ketones (excluding diaryl/α,β-unsaturated/α-hetero) is 1. The molecule has 0 spiro atoms. The molecule has 8 heteroatoms. The highest BCUT2D eigenvalue weighted by Gasteiger charge is 2.31. The highest BCUT2D eigenvalue weighted by Crippen LogP contribution is 2.34. The number of anilines is 1. The normalized spacial score (nSPS) is 14.5. The summed E-state index contributed by atoms with van der Waals surface area (Å²) in [4.78, 5) is 37.3. The summed E-state index contributed by atoms with van der Waals surface area (Å²) in [6.07, 6.45) is 4.04. The third-order valence-corrected chi connectivity index (χ3v) is 6.13.